The zero-order valence-corrected chi connectivity index (χ0v) is 28.6. The number of nitrogens with zero attached hydrogens (tertiary/aromatic N) is 3. The second-order valence-corrected chi connectivity index (χ2v) is 13.5. The van der Waals surface area contributed by atoms with Crippen molar-refractivity contribution in [3.63, 3.8) is 0 Å². The molecule has 3 aliphatic rings. The maximum absolute atomic E-state index is 13.1. The van der Waals surface area contributed by atoms with Crippen molar-refractivity contribution < 1.29 is 41.8 Å². The number of amides is 3. The molecule has 3 saturated carbocycles. The molecule has 52 heavy (non-hydrogen) atoms. The van der Waals surface area contributed by atoms with Crippen molar-refractivity contribution in [1.82, 2.24) is 30.9 Å². The van der Waals surface area contributed by atoms with Gasteiger partial charge in [-0.05, 0) is 92.3 Å². The highest BCUT2D eigenvalue weighted by Gasteiger charge is 2.45. The summed E-state index contributed by atoms with van der Waals surface area (Å²) in [7, 11) is 1.12. The van der Waals surface area contributed by atoms with Gasteiger partial charge in [0, 0.05) is 28.9 Å². The first-order chi connectivity index (χ1) is 24.8. The Bertz CT molecular complexity index is 1790. The van der Waals surface area contributed by atoms with Gasteiger partial charge in [0.1, 0.15) is 6.04 Å². The normalized spacial score (nSPS) is 16.7. The molecule has 0 unspecified atom stereocenters. The molecule has 3 aliphatic carbocycles. The third kappa shape index (κ3) is 9.77. The van der Waals surface area contributed by atoms with Crippen LogP contribution in [0.3, 0.4) is 0 Å². The number of halogens is 4. The summed E-state index contributed by atoms with van der Waals surface area (Å²) in [5.74, 6) is -2.64. The first-order valence-electron chi connectivity index (χ1n) is 16.7. The lowest BCUT2D eigenvalue weighted by atomic mass is 10.1. The minimum atomic E-state index is -4.63. The predicted molar refractivity (Wildman–Crippen MR) is 181 cm³/mol. The number of hydrogen-bond donors (Lipinski definition) is 5. The monoisotopic (exact) mass is 744 g/mol. The van der Waals surface area contributed by atoms with E-state index in [1.54, 1.807) is 12.1 Å². The Balaban J connectivity index is 1.09. The van der Waals surface area contributed by atoms with Crippen molar-refractivity contribution >= 4 is 52.9 Å². The van der Waals surface area contributed by atoms with E-state index in [4.69, 9.17) is 21.1 Å². The van der Waals surface area contributed by atoms with Crippen LogP contribution in [0.5, 0.6) is 6.01 Å². The van der Waals surface area contributed by atoms with E-state index in [-0.39, 0.29) is 23.5 Å². The summed E-state index contributed by atoms with van der Waals surface area (Å²) >= 11 is 6.03. The summed E-state index contributed by atoms with van der Waals surface area (Å²) in [5.41, 5.74) is 0.817. The van der Waals surface area contributed by atoms with Gasteiger partial charge in [-0.3, -0.25) is 14.4 Å². The molecule has 2 aromatic carbocycles. The maximum atomic E-state index is 13.1. The quantitative estimate of drug-likeness (QED) is 0.112. The molecule has 6 rings (SSSR count). The number of anilines is 3. The Morgan fingerprint density at radius 1 is 0.885 bits per heavy atom. The highest BCUT2D eigenvalue weighted by Crippen LogP contribution is 2.48. The highest BCUT2D eigenvalue weighted by atomic mass is 35.5. The van der Waals surface area contributed by atoms with Gasteiger partial charge in [0.15, 0.2) is 6.61 Å². The number of alkyl halides is 3. The molecule has 0 radical (unpaired) electrons. The van der Waals surface area contributed by atoms with Crippen molar-refractivity contribution in [2.45, 2.75) is 62.3 Å². The number of benzene rings is 2. The highest BCUT2D eigenvalue weighted by molar-refractivity contribution is 6.35. The third-order valence-corrected chi connectivity index (χ3v) is 9.15. The number of hydrogen-bond acceptors (Lipinski definition) is 11. The number of aromatic nitrogens is 3. The van der Waals surface area contributed by atoms with E-state index in [0.717, 1.165) is 38.4 Å². The van der Waals surface area contributed by atoms with Gasteiger partial charge in [-0.15, -0.1) is 0 Å². The topological polar surface area (TPSA) is 186 Å². The first kappa shape index (κ1) is 36.6. The van der Waals surface area contributed by atoms with E-state index in [2.05, 4.69) is 41.5 Å². The molecule has 0 spiro atoms. The average molecular weight is 745 g/mol. The van der Waals surface area contributed by atoms with Crippen LogP contribution in [0, 0.1) is 11.8 Å². The summed E-state index contributed by atoms with van der Waals surface area (Å²) in [6, 6.07) is 11.0. The van der Waals surface area contributed by atoms with Crippen LogP contribution < -0.4 is 31.3 Å². The van der Waals surface area contributed by atoms with Crippen LogP contribution in [0.2, 0.25) is 5.02 Å². The Morgan fingerprint density at radius 3 is 2.10 bits per heavy atom. The third-order valence-electron chi connectivity index (χ3n) is 8.90. The minimum absolute atomic E-state index is 0.0257. The lowest BCUT2D eigenvalue weighted by Crippen LogP contribution is -2.52. The lowest BCUT2D eigenvalue weighted by molar-refractivity contribution is -0.154. The standard InChI is InChI=1S/C34H36ClF3N8O6/c1-51-29(50)24(16-39-27(48)28(49)42-25(18-2-3-18)19-4-5-19)41-26(47)20-6-12-23(13-7-20)40-30-43-31(45-32(44-30)52-17-34(36,37)38)46-33(14-15-33)21-8-10-22(35)11-9-21/h6-13,18-19,24-25H,2-5,14-17H2,1H3,(H,39,48)(H,41,47)(H,42,49)(H2,40,43,44,45,46)/t24-/m0/s1. The molecule has 1 aromatic heterocycles. The van der Waals surface area contributed by atoms with Crippen LogP contribution >= 0.6 is 11.6 Å². The number of methoxy groups -OCH3 is 1. The molecule has 18 heteroatoms. The van der Waals surface area contributed by atoms with Crippen molar-refractivity contribution in [3.8, 4) is 6.01 Å². The Morgan fingerprint density at radius 2 is 1.52 bits per heavy atom. The molecular formula is C34H36ClF3N8O6. The molecule has 3 amide bonds. The van der Waals surface area contributed by atoms with Crippen LogP contribution in [0.25, 0.3) is 0 Å². The molecule has 1 heterocycles. The predicted octanol–water partition coefficient (Wildman–Crippen LogP) is 4.00. The van der Waals surface area contributed by atoms with Crippen LogP contribution in [-0.2, 0) is 24.7 Å². The fourth-order valence-corrected chi connectivity index (χ4v) is 5.83. The molecule has 0 saturated heterocycles. The van der Waals surface area contributed by atoms with Gasteiger partial charge >= 0.3 is 30.0 Å². The van der Waals surface area contributed by atoms with Crippen molar-refractivity contribution in [2.24, 2.45) is 11.8 Å². The van der Waals surface area contributed by atoms with Crippen LogP contribution in [-0.4, -0.2) is 77.2 Å². The molecule has 276 valence electrons. The fourth-order valence-electron chi connectivity index (χ4n) is 5.71. The molecule has 3 aromatic rings. The molecule has 0 bridgehead atoms. The number of ether oxygens (including phenoxy) is 2. The largest absolute Gasteiger partial charge is 0.467 e. The lowest BCUT2D eigenvalue weighted by Gasteiger charge is -2.19. The second kappa shape index (κ2) is 15.2. The van der Waals surface area contributed by atoms with E-state index in [9.17, 15) is 32.3 Å². The van der Waals surface area contributed by atoms with Gasteiger partial charge in [0.2, 0.25) is 11.9 Å². The zero-order valence-electron chi connectivity index (χ0n) is 27.9. The van der Waals surface area contributed by atoms with Gasteiger partial charge in [-0.2, -0.15) is 28.1 Å². The van der Waals surface area contributed by atoms with Gasteiger partial charge in [-0.25, -0.2) is 4.79 Å². The number of rotatable bonds is 15. The van der Waals surface area contributed by atoms with Crippen molar-refractivity contribution in [3.05, 3.63) is 64.7 Å². The van der Waals surface area contributed by atoms with Gasteiger partial charge in [-0.1, -0.05) is 23.7 Å². The Kier molecular flexibility index (Phi) is 10.7. The van der Waals surface area contributed by atoms with E-state index in [1.807, 2.05) is 12.1 Å². The van der Waals surface area contributed by atoms with E-state index < -0.39 is 60.6 Å². The van der Waals surface area contributed by atoms with Gasteiger partial charge < -0.3 is 36.1 Å². The van der Waals surface area contributed by atoms with E-state index >= 15 is 0 Å². The smallest absolute Gasteiger partial charge is 0.422 e. The number of carbonyl (C=O) groups excluding carboxylic acids is 4. The summed E-state index contributed by atoms with van der Waals surface area (Å²) < 4.78 is 48.4. The van der Waals surface area contributed by atoms with E-state index in [0.29, 0.717) is 35.4 Å². The molecule has 14 nitrogen and oxygen atoms in total. The van der Waals surface area contributed by atoms with Crippen LogP contribution in [0.1, 0.15) is 54.4 Å². The first-order valence-corrected chi connectivity index (χ1v) is 17.0. The molecule has 0 aliphatic heterocycles. The van der Waals surface area contributed by atoms with Crippen LogP contribution in [0.15, 0.2) is 48.5 Å². The van der Waals surface area contributed by atoms with Crippen LogP contribution in [0.4, 0.5) is 30.8 Å². The maximum Gasteiger partial charge on any atom is 0.422 e. The number of esters is 1. The Hall–Kier alpha value is -5.19. The summed E-state index contributed by atoms with van der Waals surface area (Å²) in [6.45, 7) is -2.01. The molecular weight excluding hydrogens is 709 g/mol. The van der Waals surface area contributed by atoms with Gasteiger partial charge in [0.25, 0.3) is 5.91 Å². The molecule has 1 atom stereocenters. The molecule has 5 N–H and O–H groups in total. The fraction of sp³-hybridized carbons (Fsp3) is 0.441. The molecule has 3 fully saturated rings. The SMILES string of the molecule is COC(=O)[C@H](CNC(=O)C(=O)NC(C1CC1)C1CC1)NC(=O)c1ccc(Nc2nc(NC3(c4ccc(Cl)cc4)CC3)nc(OCC(F)(F)F)n2)cc1. The zero-order chi connectivity index (χ0) is 37.0. The average Bonchev–Trinajstić information content (AvgIpc) is 3.96. The summed E-state index contributed by atoms with van der Waals surface area (Å²) in [6.07, 6.45) is 0.851. The minimum Gasteiger partial charge on any atom is -0.467 e. The summed E-state index contributed by atoms with van der Waals surface area (Å²) in [4.78, 5) is 62.9. The number of nitrogens with one attached hydrogen (secondary N) is 5. The number of carbonyl (C=O) groups is 4. The van der Waals surface area contributed by atoms with E-state index in [1.165, 1.54) is 24.3 Å². The Labute approximate surface area is 301 Å². The van der Waals surface area contributed by atoms with Crippen molar-refractivity contribution in [2.75, 3.05) is 30.9 Å². The second-order valence-electron chi connectivity index (χ2n) is 13.0. The van der Waals surface area contributed by atoms with Gasteiger partial charge in [0.05, 0.1) is 12.6 Å². The summed E-state index contributed by atoms with van der Waals surface area (Å²) in [5, 5.41) is 14.3. The van der Waals surface area contributed by atoms with Crippen molar-refractivity contribution in [1.29, 1.82) is 0 Å².